The maximum Gasteiger partial charge on any atom is 0.522 e. The lowest BCUT2D eigenvalue weighted by Crippen LogP contribution is -2.49. The van der Waals surface area contributed by atoms with Crippen molar-refractivity contribution < 1.29 is 32.2 Å². The third-order valence-electron chi connectivity index (χ3n) is 4.65. The Bertz CT molecular complexity index is 685. The van der Waals surface area contributed by atoms with Gasteiger partial charge in [0.2, 0.25) is 0 Å². The molecule has 1 amide bonds. The molecule has 10 heteroatoms. The van der Waals surface area contributed by atoms with E-state index in [-0.39, 0.29) is 12.7 Å². The minimum atomic E-state index is -4.64. The van der Waals surface area contributed by atoms with Gasteiger partial charge in [0.15, 0.2) is 0 Å². The fraction of sp³-hybridized carbons (Fsp3) is 0.667. The van der Waals surface area contributed by atoms with E-state index in [1.165, 1.54) is 0 Å². The van der Waals surface area contributed by atoms with E-state index in [2.05, 4.69) is 14.5 Å². The van der Waals surface area contributed by atoms with Crippen LogP contribution in [0.1, 0.15) is 20.8 Å². The molecule has 1 aromatic carbocycles. The van der Waals surface area contributed by atoms with Crippen LogP contribution in [0.5, 0.6) is 5.75 Å². The summed E-state index contributed by atoms with van der Waals surface area (Å²) in [7, 11) is 1.74. The number of hydrogen-bond acceptors (Lipinski definition) is 6. The number of alkyl halides is 3. The number of likely N-dealkylation sites (N-methyl/N-ethyl adjacent to an activating group) is 1. The van der Waals surface area contributed by atoms with E-state index in [4.69, 9.17) is 9.47 Å². The number of halogens is 3. The van der Waals surface area contributed by atoms with Gasteiger partial charge in [-0.25, -0.2) is 4.79 Å². The smallest absolute Gasteiger partial charge is 0.491 e. The highest BCUT2D eigenvalue weighted by atomic mass is 19.4. The largest absolute Gasteiger partial charge is 0.522 e. The molecule has 31 heavy (non-hydrogen) atoms. The summed E-state index contributed by atoms with van der Waals surface area (Å²) in [6, 6.07) is 7.27. The molecular weight excluding hydrogens is 415 g/mol. The Labute approximate surface area is 181 Å². The highest BCUT2D eigenvalue weighted by molar-refractivity contribution is 5.67. The Morgan fingerprint density at radius 1 is 1.03 bits per heavy atom. The zero-order valence-corrected chi connectivity index (χ0v) is 18.6. The van der Waals surface area contributed by atoms with E-state index in [0.717, 1.165) is 38.4 Å². The lowest BCUT2D eigenvalue weighted by Gasteiger charge is -2.36. The quantitative estimate of drug-likeness (QED) is 0.568. The summed E-state index contributed by atoms with van der Waals surface area (Å²) in [6.45, 7) is 9.62. The first-order chi connectivity index (χ1) is 14.4. The molecule has 1 aromatic rings. The third kappa shape index (κ3) is 9.65. The van der Waals surface area contributed by atoms with Gasteiger partial charge in [0.1, 0.15) is 18.0 Å². The van der Waals surface area contributed by atoms with Gasteiger partial charge >= 0.3 is 12.5 Å². The summed E-state index contributed by atoms with van der Waals surface area (Å²) in [5.41, 5.74) is 0.526. The second-order valence-corrected chi connectivity index (χ2v) is 8.37. The first-order valence-electron chi connectivity index (χ1n) is 10.3. The Balaban J connectivity index is 1.69. The zero-order valence-electron chi connectivity index (χ0n) is 18.6. The molecule has 1 saturated heterocycles. The minimum Gasteiger partial charge on any atom is -0.491 e. The lowest BCUT2D eigenvalue weighted by molar-refractivity contribution is -0.325. The molecule has 1 aliphatic heterocycles. The molecule has 7 nitrogen and oxygen atoms in total. The molecule has 0 atom stereocenters. The maximum absolute atomic E-state index is 12.0. The number of carbonyl (C=O) groups is 1. The van der Waals surface area contributed by atoms with Crippen LogP contribution in [-0.2, 0) is 9.47 Å². The maximum atomic E-state index is 12.0. The van der Waals surface area contributed by atoms with Crippen LogP contribution in [0.25, 0.3) is 0 Å². The van der Waals surface area contributed by atoms with E-state index in [1.54, 1.807) is 24.1 Å². The van der Waals surface area contributed by atoms with Gasteiger partial charge in [-0.05, 0) is 45.0 Å². The van der Waals surface area contributed by atoms with Crippen molar-refractivity contribution in [1.29, 1.82) is 0 Å². The van der Waals surface area contributed by atoms with Gasteiger partial charge in [0.05, 0.1) is 6.61 Å². The number of nitrogens with zero attached hydrogens (tertiary/aromatic N) is 3. The molecule has 0 unspecified atom stereocenters. The summed E-state index contributed by atoms with van der Waals surface area (Å²) in [5, 5.41) is 0. The first-order valence-corrected chi connectivity index (χ1v) is 10.3. The Kier molecular flexibility index (Phi) is 8.81. The molecule has 176 valence electrons. The Morgan fingerprint density at radius 2 is 1.65 bits per heavy atom. The topological polar surface area (TPSA) is 54.5 Å². The molecule has 1 fully saturated rings. The number of hydrogen-bond donors (Lipinski definition) is 0. The lowest BCUT2D eigenvalue weighted by atomic mass is 10.2. The molecule has 0 spiro atoms. The summed E-state index contributed by atoms with van der Waals surface area (Å²) < 4.78 is 50.1. The number of piperazine rings is 1. The van der Waals surface area contributed by atoms with Gasteiger partial charge in [-0.3, -0.25) is 9.64 Å². The summed E-state index contributed by atoms with van der Waals surface area (Å²) >= 11 is 0. The number of ether oxygens (including phenoxy) is 3. The number of carbonyl (C=O) groups excluding carboxylic acids is 1. The van der Waals surface area contributed by atoms with Crippen molar-refractivity contribution in [3.8, 4) is 5.75 Å². The molecule has 2 rings (SSSR count). The van der Waals surface area contributed by atoms with E-state index < -0.39 is 18.6 Å². The highest BCUT2D eigenvalue weighted by Gasteiger charge is 2.28. The van der Waals surface area contributed by atoms with Crippen LogP contribution in [0, 0.1) is 0 Å². The van der Waals surface area contributed by atoms with Gasteiger partial charge in [0.25, 0.3) is 0 Å². The molecule has 0 bridgehead atoms. The van der Waals surface area contributed by atoms with Crippen LogP contribution in [0.4, 0.5) is 23.7 Å². The molecule has 1 aliphatic rings. The molecule has 0 aliphatic carbocycles. The average Bonchev–Trinajstić information content (AvgIpc) is 2.68. The highest BCUT2D eigenvalue weighted by Crippen LogP contribution is 2.21. The van der Waals surface area contributed by atoms with E-state index in [1.807, 2.05) is 32.9 Å². The van der Waals surface area contributed by atoms with E-state index >= 15 is 0 Å². The minimum absolute atomic E-state index is 0.171. The molecular formula is C21H32F3N3O4. The zero-order chi connectivity index (χ0) is 23.1. The van der Waals surface area contributed by atoms with Gasteiger partial charge in [-0.2, -0.15) is 0 Å². The van der Waals surface area contributed by atoms with Crippen molar-refractivity contribution in [1.82, 2.24) is 9.80 Å². The monoisotopic (exact) mass is 447 g/mol. The SMILES string of the molecule is CN(CCN1CCN(c2ccc(OCCOC(F)(F)F)cc2)CC1)C(=O)OC(C)(C)C. The normalized spacial score (nSPS) is 15.6. The third-order valence-corrected chi connectivity index (χ3v) is 4.65. The predicted octanol–water partition coefficient (Wildman–Crippen LogP) is 3.59. The number of benzene rings is 1. The van der Waals surface area contributed by atoms with Crippen molar-refractivity contribution in [2.24, 2.45) is 0 Å². The number of rotatable bonds is 8. The number of amides is 1. The predicted molar refractivity (Wildman–Crippen MR) is 111 cm³/mol. The standard InChI is InChI=1S/C21H32F3N3O4/c1-20(2,3)31-19(28)25(4)9-10-26-11-13-27(14-12-26)17-5-7-18(8-6-17)29-15-16-30-21(22,23)24/h5-8H,9-16H2,1-4H3. The van der Waals surface area contributed by atoms with Crippen LogP contribution in [0.15, 0.2) is 24.3 Å². The van der Waals surface area contributed by atoms with Crippen LogP contribution < -0.4 is 9.64 Å². The fourth-order valence-corrected chi connectivity index (χ4v) is 3.02. The molecule has 0 saturated carbocycles. The van der Waals surface area contributed by atoms with Crippen LogP contribution >= 0.6 is 0 Å². The van der Waals surface area contributed by atoms with Crippen molar-refractivity contribution in [3.63, 3.8) is 0 Å². The second-order valence-electron chi connectivity index (χ2n) is 8.37. The summed E-state index contributed by atoms with van der Waals surface area (Å²) in [5.74, 6) is 0.498. The Morgan fingerprint density at radius 3 is 2.19 bits per heavy atom. The molecule has 0 aromatic heterocycles. The average molecular weight is 447 g/mol. The summed E-state index contributed by atoms with van der Waals surface area (Å²) in [4.78, 5) is 18.2. The first kappa shape index (κ1) is 25.1. The van der Waals surface area contributed by atoms with Crippen molar-refractivity contribution in [2.45, 2.75) is 32.7 Å². The van der Waals surface area contributed by atoms with Crippen molar-refractivity contribution >= 4 is 11.8 Å². The van der Waals surface area contributed by atoms with E-state index in [0.29, 0.717) is 12.3 Å². The second kappa shape index (κ2) is 10.9. The molecule has 1 heterocycles. The van der Waals surface area contributed by atoms with Crippen molar-refractivity contribution in [3.05, 3.63) is 24.3 Å². The van der Waals surface area contributed by atoms with Gasteiger partial charge in [-0.15, -0.1) is 13.2 Å². The van der Waals surface area contributed by atoms with E-state index in [9.17, 15) is 18.0 Å². The molecule has 0 N–H and O–H groups in total. The fourth-order valence-electron chi connectivity index (χ4n) is 3.02. The summed E-state index contributed by atoms with van der Waals surface area (Å²) in [6.07, 6.45) is -4.96. The van der Waals surface area contributed by atoms with Gasteiger partial charge in [-0.1, -0.05) is 0 Å². The van der Waals surface area contributed by atoms with Gasteiger partial charge in [0, 0.05) is 52.0 Å². The Hall–Kier alpha value is -2.20. The van der Waals surface area contributed by atoms with Crippen LogP contribution in [0.3, 0.4) is 0 Å². The van der Waals surface area contributed by atoms with Crippen LogP contribution in [-0.4, -0.2) is 87.4 Å². The molecule has 0 radical (unpaired) electrons. The van der Waals surface area contributed by atoms with Crippen molar-refractivity contribution in [2.75, 3.05) is 64.4 Å². The number of anilines is 1. The van der Waals surface area contributed by atoms with Gasteiger partial charge < -0.3 is 19.3 Å². The van der Waals surface area contributed by atoms with Crippen LogP contribution in [0.2, 0.25) is 0 Å².